The normalized spacial score (nSPS) is 18.6. The third-order valence-corrected chi connectivity index (χ3v) is 10.5. The van der Waals surface area contributed by atoms with E-state index in [0.717, 1.165) is 67.2 Å². The van der Waals surface area contributed by atoms with E-state index in [0.29, 0.717) is 42.1 Å². The number of fused-ring (bicyclic) bond motifs is 2. The first-order valence-corrected chi connectivity index (χ1v) is 18.9. The van der Waals surface area contributed by atoms with Crippen molar-refractivity contribution in [3.05, 3.63) is 89.7 Å². The topological polar surface area (TPSA) is 138 Å². The highest BCUT2D eigenvalue weighted by Crippen LogP contribution is 2.40. The fourth-order valence-electron chi connectivity index (χ4n) is 7.32. The zero-order valence-electron chi connectivity index (χ0n) is 31.8. The zero-order valence-corrected chi connectivity index (χ0v) is 31.8. The van der Waals surface area contributed by atoms with Gasteiger partial charge in [-0.1, -0.05) is 30.3 Å². The highest BCUT2D eigenvalue weighted by Gasteiger charge is 2.30. The standard InChI is InChI=1S/C41H50N10O3/c1-28-11-8-9-20-49(28)40-46-45-37-19-17-32(26-50(37)40)54-35-18-16-29(33-14-6-7-15-34(33)35)25-43-39(52)44-38-24-36(41(2,3)27-42)47-51(38)30-12-10-13-31(23-30)53-22-21-48(4)5/h6-7,10,12-15,17,19,23-24,26,28-29,35H,8-9,11,16,18,20-22,25H2,1-5H3,(H2,43,44,52)/t28-,29?,35+/m0/s1. The van der Waals surface area contributed by atoms with Crippen LogP contribution in [0.1, 0.15) is 81.7 Å². The number of benzene rings is 2. The van der Waals surface area contributed by atoms with Crippen molar-refractivity contribution in [3.8, 4) is 23.3 Å². The quantitative estimate of drug-likeness (QED) is 0.141. The lowest BCUT2D eigenvalue weighted by molar-refractivity contribution is 0.175. The minimum absolute atomic E-state index is 0.105. The Morgan fingerprint density at radius 1 is 1.00 bits per heavy atom. The maximum atomic E-state index is 13.5. The van der Waals surface area contributed by atoms with Crippen LogP contribution >= 0.6 is 0 Å². The molecular formula is C41H50N10O3. The summed E-state index contributed by atoms with van der Waals surface area (Å²) in [5.74, 6) is 2.88. The largest absolute Gasteiger partial charge is 0.492 e. The third kappa shape index (κ3) is 7.99. The van der Waals surface area contributed by atoms with E-state index in [1.54, 1.807) is 10.7 Å². The Balaban J connectivity index is 1.04. The van der Waals surface area contributed by atoms with Crippen molar-refractivity contribution >= 4 is 23.4 Å². The van der Waals surface area contributed by atoms with Gasteiger partial charge in [0.15, 0.2) is 5.65 Å². The molecule has 0 bridgehead atoms. The highest BCUT2D eigenvalue weighted by atomic mass is 16.5. The Kier molecular flexibility index (Phi) is 10.7. The summed E-state index contributed by atoms with van der Waals surface area (Å²) >= 11 is 0. The molecule has 3 aromatic heterocycles. The molecule has 1 aliphatic heterocycles. The molecule has 0 radical (unpaired) electrons. The van der Waals surface area contributed by atoms with Crippen LogP contribution in [-0.4, -0.2) is 81.7 Å². The van der Waals surface area contributed by atoms with Crippen LogP contribution in [-0.2, 0) is 5.41 Å². The highest BCUT2D eigenvalue weighted by molar-refractivity contribution is 5.88. The van der Waals surface area contributed by atoms with E-state index in [1.807, 2.05) is 87.1 Å². The maximum absolute atomic E-state index is 13.5. The number of hydrogen-bond acceptors (Lipinski definition) is 9. The molecule has 2 aliphatic rings. The van der Waals surface area contributed by atoms with Crippen molar-refractivity contribution in [3.63, 3.8) is 0 Å². The molecule has 282 valence electrons. The van der Waals surface area contributed by atoms with Gasteiger partial charge in [-0.2, -0.15) is 10.4 Å². The Hall–Kier alpha value is -5.61. The Bertz CT molecular complexity index is 2130. The lowest BCUT2D eigenvalue weighted by Gasteiger charge is -2.33. The first-order valence-electron chi connectivity index (χ1n) is 18.9. The van der Waals surface area contributed by atoms with E-state index in [-0.39, 0.29) is 18.1 Å². The first kappa shape index (κ1) is 36.7. The van der Waals surface area contributed by atoms with E-state index < -0.39 is 5.41 Å². The summed E-state index contributed by atoms with van der Waals surface area (Å²) in [6.07, 6.45) is 7.06. The molecule has 13 heteroatoms. The average Bonchev–Trinajstić information content (AvgIpc) is 3.79. The van der Waals surface area contributed by atoms with Gasteiger partial charge >= 0.3 is 6.03 Å². The summed E-state index contributed by atoms with van der Waals surface area (Å²) in [7, 11) is 3.99. The van der Waals surface area contributed by atoms with Crippen LogP contribution in [0.4, 0.5) is 16.6 Å². The summed E-state index contributed by atoms with van der Waals surface area (Å²) in [5.41, 5.74) is 3.48. The minimum Gasteiger partial charge on any atom is -0.492 e. The number of rotatable bonds is 12. The fourth-order valence-corrected chi connectivity index (χ4v) is 7.32. The zero-order chi connectivity index (χ0) is 37.8. The SMILES string of the molecule is C[C@H]1CCCCN1c1nnc2ccc(O[C@@H]3CCC(CNC(=O)Nc4cc(C(C)(C)C#N)nn4-c4cccc(OCCN(C)C)c4)c4ccccc43)cn12. The Labute approximate surface area is 316 Å². The lowest BCUT2D eigenvalue weighted by atomic mass is 9.81. The number of urea groups is 1. The molecule has 2 aromatic carbocycles. The van der Waals surface area contributed by atoms with Gasteiger partial charge in [-0.15, -0.1) is 10.2 Å². The van der Waals surface area contributed by atoms with Crippen molar-refractivity contribution in [2.45, 2.75) is 76.4 Å². The number of aromatic nitrogens is 5. The van der Waals surface area contributed by atoms with E-state index in [1.165, 1.54) is 6.42 Å². The molecule has 1 saturated heterocycles. The monoisotopic (exact) mass is 730 g/mol. The molecule has 2 amide bonds. The number of pyridine rings is 1. The molecule has 4 heterocycles. The third-order valence-electron chi connectivity index (χ3n) is 10.5. The molecule has 5 aromatic rings. The van der Waals surface area contributed by atoms with Crippen LogP contribution in [0.5, 0.6) is 11.5 Å². The number of carbonyl (C=O) groups excluding carboxylic acids is 1. The van der Waals surface area contributed by atoms with Crippen LogP contribution in [0.25, 0.3) is 11.3 Å². The van der Waals surface area contributed by atoms with Crippen molar-refractivity contribution < 1.29 is 14.3 Å². The Morgan fingerprint density at radius 2 is 1.83 bits per heavy atom. The summed E-state index contributed by atoms with van der Waals surface area (Å²) in [4.78, 5) is 17.9. The van der Waals surface area contributed by atoms with Gasteiger partial charge in [0.25, 0.3) is 0 Å². The van der Waals surface area contributed by atoms with Gasteiger partial charge in [0, 0.05) is 43.7 Å². The number of carbonyl (C=O) groups is 1. The Morgan fingerprint density at radius 3 is 2.63 bits per heavy atom. The molecular weight excluding hydrogens is 681 g/mol. The van der Waals surface area contributed by atoms with Crippen molar-refractivity contribution in [2.75, 3.05) is 50.6 Å². The predicted molar refractivity (Wildman–Crippen MR) is 209 cm³/mol. The summed E-state index contributed by atoms with van der Waals surface area (Å²) in [6.45, 7) is 8.59. The van der Waals surface area contributed by atoms with Gasteiger partial charge in [0.2, 0.25) is 5.95 Å². The van der Waals surface area contributed by atoms with Gasteiger partial charge in [0.05, 0.1) is 29.1 Å². The second kappa shape index (κ2) is 15.8. The molecule has 1 fully saturated rings. The van der Waals surface area contributed by atoms with Crippen molar-refractivity contribution in [1.29, 1.82) is 5.26 Å². The van der Waals surface area contributed by atoms with E-state index in [2.05, 4.69) is 55.8 Å². The maximum Gasteiger partial charge on any atom is 0.320 e. The van der Waals surface area contributed by atoms with E-state index in [4.69, 9.17) is 14.6 Å². The average molecular weight is 731 g/mol. The number of ether oxygens (including phenoxy) is 2. The minimum atomic E-state index is -0.863. The predicted octanol–water partition coefficient (Wildman–Crippen LogP) is 6.85. The molecule has 2 N–H and O–H groups in total. The second-order valence-electron chi connectivity index (χ2n) is 15.2. The summed E-state index contributed by atoms with van der Waals surface area (Å²) in [5, 5.41) is 29.7. The molecule has 7 rings (SSSR count). The van der Waals surface area contributed by atoms with Gasteiger partial charge in [0.1, 0.15) is 30.0 Å². The molecule has 1 aliphatic carbocycles. The summed E-state index contributed by atoms with van der Waals surface area (Å²) in [6, 6.07) is 24.0. The van der Waals surface area contributed by atoms with Crippen LogP contribution < -0.4 is 25.0 Å². The molecule has 0 spiro atoms. The smallest absolute Gasteiger partial charge is 0.320 e. The van der Waals surface area contributed by atoms with Crippen LogP contribution in [0.2, 0.25) is 0 Å². The van der Waals surface area contributed by atoms with Gasteiger partial charge in [-0.05, 0) is 102 Å². The molecule has 1 unspecified atom stereocenters. The van der Waals surface area contributed by atoms with Crippen LogP contribution in [0.3, 0.4) is 0 Å². The van der Waals surface area contributed by atoms with Crippen molar-refractivity contribution in [2.24, 2.45) is 0 Å². The van der Waals surface area contributed by atoms with E-state index >= 15 is 0 Å². The second-order valence-corrected chi connectivity index (χ2v) is 15.2. The van der Waals surface area contributed by atoms with Crippen molar-refractivity contribution in [1.82, 2.24) is 34.6 Å². The van der Waals surface area contributed by atoms with Gasteiger partial charge in [-0.25, -0.2) is 9.48 Å². The number of anilines is 2. The molecule has 54 heavy (non-hydrogen) atoms. The van der Waals surface area contributed by atoms with Crippen LogP contribution in [0.15, 0.2) is 72.9 Å². The van der Waals surface area contributed by atoms with Crippen LogP contribution in [0, 0.1) is 11.3 Å². The molecule has 13 nitrogen and oxygen atoms in total. The number of nitrogens with one attached hydrogen (secondary N) is 2. The number of nitriles is 1. The fraction of sp³-hybridized carbons (Fsp3) is 0.439. The molecule has 3 atom stereocenters. The number of amides is 2. The van der Waals surface area contributed by atoms with Gasteiger partial charge in [-0.3, -0.25) is 9.72 Å². The molecule has 0 saturated carbocycles. The lowest BCUT2D eigenvalue weighted by Crippen LogP contribution is -2.38. The number of piperidine rings is 1. The number of hydrogen-bond donors (Lipinski definition) is 2. The summed E-state index contributed by atoms with van der Waals surface area (Å²) < 4.78 is 16.3. The number of nitrogens with zero attached hydrogens (tertiary/aromatic N) is 8. The number of likely N-dealkylation sites (N-methyl/N-ethyl adjacent to an activating group) is 1. The van der Waals surface area contributed by atoms with Gasteiger partial charge < -0.3 is 24.6 Å². The van der Waals surface area contributed by atoms with E-state index in [9.17, 15) is 10.1 Å². The first-order chi connectivity index (χ1) is 26.1.